The smallest absolute Gasteiger partial charge is 0.258 e. The molecule has 5 heteroatoms. The summed E-state index contributed by atoms with van der Waals surface area (Å²) in [6.07, 6.45) is 0. The van der Waals surface area contributed by atoms with Gasteiger partial charge >= 0.3 is 0 Å². The van der Waals surface area contributed by atoms with Crippen LogP contribution in [0.5, 0.6) is 5.75 Å². The molecule has 1 amide bonds. The first-order chi connectivity index (χ1) is 9.93. The Morgan fingerprint density at radius 1 is 1.24 bits per heavy atom. The predicted octanol–water partition coefficient (Wildman–Crippen LogP) is 4.36. The molecule has 2 rings (SSSR count). The first-order valence-electron chi connectivity index (χ1n) is 6.34. The number of carbonyl (C=O) groups excluding carboxylic acids is 1. The lowest BCUT2D eigenvalue weighted by atomic mass is 10.1. The van der Waals surface area contributed by atoms with E-state index in [1.54, 1.807) is 31.2 Å². The minimum atomic E-state index is -0.531. The van der Waals surface area contributed by atoms with Crippen molar-refractivity contribution in [2.45, 2.75) is 13.8 Å². The average Bonchev–Trinajstić information content (AvgIpc) is 2.45. The summed E-state index contributed by atoms with van der Waals surface area (Å²) in [6, 6.07) is 7.98. The molecule has 1 N–H and O–H groups in total. The summed E-state index contributed by atoms with van der Waals surface area (Å²) in [6.45, 7) is 3.42. The van der Waals surface area contributed by atoms with Crippen LogP contribution in [-0.4, -0.2) is 13.0 Å². The van der Waals surface area contributed by atoms with E-state index in [1.807, 2.05) is 6.92 Å². The van der Waals surface area contributed by atoms with E-state index in [9.17, 15) is 9.18 Å². The van der Waals surface area contributed by atoms with Crippen molar-refractivity contribution in [3.05, 3.63) is 57.9 Å². The summed E-state index contributed by atoms with van der Waals surface area (Å²) in [5.74, 6) is -0.636. The topological polar surface area (TPSA) is 38.3 Å². The lowest BCUT2D eigenvalue weighted by Gasteiger charge is -2.13. The Morgan fingerprint density at radius 2 is 1.95 bits per heavy atom. The number of nitrogens with one attached hydrogen (secondary N) is 1. The van der Waals surface area contributed by atoms with Gasteiger partial charge in [0.25, 0.3) is 5.91 Å². The number of carbonyl (C=O) groups is 1. The highest BCUT2D eigenvalue weighted by Gasteiger charge is 2.16. The van der Waals surface area contributed by atoms with Gasteiger partial charge in [-0.25, -0.2) is 4.39 Å². The molecule has 110 valence electrons. The van der Waals surface area contributed by atoms with Gasteiger partial charge in [-0.1, -0.05) is 23.7 Å². The summed E-state index contributed by atoms with van der Waals surface area (Å²) in [7, 11) is 1.48. The van der Waals surface area contributed by atoms with Gasteiger partial charge in [0.2, 0.25) is 0 Å². The standard InChI is InChI=1S/C16H15ClFNO2/c1-9-5-4-6-11(15(9)18)16(20)19-13-7-10(2)12(17)8-14(13)21-3/h4-8H,1-3H3,(H,19,20). The first-order valence-corrected chi connectivity index (χ1v) is 6.72. The molecule has 0 bridgehead atoms. The summed E-state index contributed by atoms with van der Waals surface area (Å²) in [5, 5.41) is 3.19. The third-order valence-corrected chi connectivity index (χ3v) is 3.57. The van der Waals surface area contributed by atoms with Crippen molar-refractivity contribution in [3.63, 3.8) is 0 Å². The zero-order valence-electron chi connectivity index (χ0n) is 12.0. The van der Waals surface area contributed by atoms with Crippen LogP contribution >= 0.6 is 11.6 Å². The number of amides is 1. The van der Waals surface area contributed by atoms with E-state index in [1.165, 1.54) is 13.2 Å². The second-order valence-electron chi connectivity index (χ2n) is 4.69. The number of benzene rings is 2. The Labute approximate surface area is 127 Å². The van der Waals surface area contributed by atoms with Crippen LogP contribution in [0.15, 0.2) is 30.3 Å². The van der Waals surface area contributed by atoms with Crippen molar-refractivity contribution in [1.82, 2.24) is 0 Å². The Hall–Kier alpha value is -2.07. The number of methoxy groups -OCH3 is 1. The maximum absolute atomic E-state index is 14.0. The van der Waals surface area contributed by atoms with E-state index < -0.39 is 11.7 Å². The molecule has 0 atom stereocenters. The van der Waals surface area contributed by atoms with Gasteiger partial charge < -0.3 is 10.1 Å². The Morgan fingerprint density at radius 3 is 2.62 bits per heavy atom. The van der Waals surface area contributed by atoms with E-state index in [-0.39, 0.29) is 5.56 Å². The molecule has 0 aliphatic rings. The minimum Gasteiger partial charge on any atom is -0.495 e. The summed E-state index contributed by atoms with van der Waals surface area (Å²) >= 11 is 6.01. The SMILES string of the molecule is COc1cc(Cl)c(C)cc1NC(=O)c1cccc(C)c1F. The van der Waals surface area contributed by atoms with E-state index in [4.69, 9.17) is 16.3 Å². The second kappa shape index (κ2) is 6.14. The van der Waals surface area contributed by atoms with Crippen LogP contribution in [0.3, 0.4) is 0 Å². The molecule has 0 saturated heterocycles. The van der Waals surface area contributed by atoms with Gasteiger partial charge in [-0.05, 0) is 37.1 Å². The van der Waals surface area contributed by atoms with Crippen LogP contribution in [0.1, 0.15) is 21.5 Å². The zero-order valence-corrected chi connectivity index (χ0v) is 12.7. The molecule has 0 fully saturated rings. The number of ether oxygens (including phenoxy) is 1. The Kier molecular flexibility index (Phi) is 4.48. The van der Waals surface area contributed by atoms with Gasteiger partial charge in [0.15, 0.2) is 0 Å². The third kappa shape index (κ3) is 3.16. The van der Waals surface area contributed by atoms with Crippen molar-refractivity contribution in [3.8, 4) is 5.75 Å². The summed E-state index contributed by atoms with van der Waals surface area (Å²) in [5.41, 5.74) is 1.65. The fourth-order valence-corrected chi connectivity index (χ4v) is 2.10. The van der Waals surface area contributed by atoms with Crippen molar-refractivity contribution < 1.29 is 13.9 Å². The zero-order chi connectivity index (χ0) is 15.6. The quantitative estimate of drug-likeness (QED) is 0.915. The highest BCUT2D eigenvalue weighted by Crippen LogP contribution is 2.31. The molecule has 0 aliphatic carbocycles. The van der Waals surface area contributed by atoms with Gasteiger partial charge in [-0.15, -0.1) is 0 Å². The van der Waals surface area contributed by atoms with Gasteiger partial charge in [0, 0.05) is 11.1 Å². The van der Waals surface area contributed by atoms with Crippen LogP contribution in [0.4, 0.5) is 10.1 Å². The maximum Gasteiger partial charge on any atom is 0.258 e. The molecule has 0 saturated carbocycles. The molecule has 0 radical (unpaired) electrons. The normalized spacial score (nSPS) is 10.3. The van der Waals surface area contributed by atoms with E-state index in [0.29, 0.717) is 22.0 Å². The number of halogens is 2. The molecule has 2 aromatic rings. The fourth-order valence-electron chi connectivity index (χ4n) is 1.94. The Balaban J connectivity index is 2.36. The lowest BCUT2D eigenvalue weighted by molar-refractivity contribution is 0.102. The lowest BCUT2D eigenvalue weighted by Crippen LogP contribution is -2.15. The monoisotopic (exact) mass is 307 g/mol. The molecule has 2 aromatic carbocycles. The average molecular weight is 308 g/mol. The van der Waals surface area contributed by atoms with E-state index in [0.717, 1.165) is 5.56 Å². The van der Waals surface area contributed by atoms with Crippen LogP contribution in [0, 0.1) is 19.7 Å². The van der Waals surface area contributed by atoms with Crippen LogP contribution in [0.25, 0.3) is 0 Å². The Bertz CT molecular complexity index is 701. The number of hydrogen-bond donors (Lipinski definition) is 1. The molecule has 0 spiro atoms. The number of hydrogen-bond acceptors (Lipinski definition) is 2. The second-order valence-corrected chi connectivity index (χ2v) is 5.10. The summed E-state index contributed by atoms with van der Waals surface area (Å²) in [4.78, 5) is 12.2. The first kappa shape index (κ1) is 15.3. The largest absolute Gasteiger partial charge is 0.495 e. The highest BCUT2D eigenvalue weighted by atomic mass is 35.5. The van der Waals surface area contributed by atoms with Crippen molar-refractivity contribution in [1.29, 1.82) is 0 Å². The van der Waals surface area contributed by atoms with Crippen molar-refractivity contribution in [2.24, 2.45) is 0 Å². The van der Waals surface area contributed by atoms with E-state index >= 15 is 0 Å². The van der Waals surface area contributed by atoms with Gasteiger partial charge in [-0.2, -0.15) is 0 Å². The molecule has 21 heavy (non-hydrogen) atoms. The summed E-state index contributed by atoms with van der Waals surface area (Å²) < 4.78 is 19.1. The van der Waals surface area contributed by atoms with Gasteiger partial charge in [0.05, 0.1) is 18.4 Å². The van der Waals surface area contributed by atoms with Crippen LogP contribution in [-0.2, 0) is 0 Å². The number of anilines is 1. The van der Waals surface area contributed by atoms with Crippen LogP contribution < -0.4 is 10.1 Å². The molecule has 3 nitrogen and oxygen atoms in total. The molecule has 0 heterocycles. The van der Waals surface area contributed by atoms with Crippen molar-refractivity contribution in [2.75, 3.05) is 12.4 Å². The molecular weight excluding hydrogens is 293 g/mol. The molecule has 0 unspecified atom stereocenters. The van der Waals surface area contributed by atoms with Gasteiger partial charge in [-0.3, -0.25) is 4.79 Å². The van der Waals surface area contributed by atoms with Gasteiger partial charge in [0.1, 0.15) is 11.6 Å². The van der Waals surface area contributed by atoms with Crippen molar-refractivity contribution >= 4 is 23.2 Å². The molecular formula is C16H15ClFNO2. The highest BCUT2D eigenvalue weighted by molar-refractivity contribution is 6.31. The predicted molar refractivity (Wildman–Crippen MR) is 81.8 cm³/mol. The van der Waals surface area contributed by atoms with Crippen LogP contribution in [0.2, 0.25) is 5.02 Å². The minimum absolute atomic E-state index is 0.00958. The number of rotatable bonds is 3. The number of aryl methyl sites for hydroxylation is 2. The van der Waals surface area contributed by atoms with E-state index in [2.05, 4.69) is 5.32 Å². The third-order valence-electron chi connectivity index (χ3n) is 3.17. The maximum atomic E-state index is 14.0. The molecule has 0 aromatic heterocycles. The molecule has 0 aliphatic heterocycles. The fraction of sp³-hybridized carbons (Fsp3) is 0.188.